The van der Waals surface area contributed by atoms with Crippen LogP contribution in [0.4, 0.5) is 0 Å². The van der Waals surface area contributed by atoms with Gasteiger partial charge in [0, 0.05) is 12.6 Å². The first-order valence-corrected chi connectivity index (χ1v) is 8.98. The van der Waals surface area contributed by atoms with Gasteiger partial charge >= 0.3 is 0 Å². The number of nitrogens with one attached hydrogen (secondary N) is 1. The van der Waals surface area contributed by atoms with Gasteiger partial charge < -0.3 is 5.32 Å². The first-order valence-electron chi connectivity index (χ1n) is 8.98. The van der Waals surface area contributed by atoms with Gasteiger partial charge in [-0.3, -0.25) is 0 Å². The van der Waals surface area contributed by atoms with E-state index in [9.17, 15) is 0 Å². The molecule has 0 aliphatic rings. The Hall–Kier alpha value is -2.64. The van der Waals surface area contributed by atoms with Gasteiger partial charge in [-0.1, -0.05) is 104 Å². The van der Waals surface area contributed by atoms with Crippen molar-refractivity contribution in [2.24, 2.45) is 0 Å². The van der Waals surface area contributed by atoms with Crippen molar-refractivity contribution >= 4 is 5.57 Å². The molecule has 1 heteroatoms. The Labute approximate surface area is 151 Å². The molecule has 0 fully saturated rings. The fourth-order valence-corrected chi connectivity index (χ4v) is 3.12. The molecule has 0 radical (unpaired) electrons. The second-order valence-electron chi connectivity index (χ2n) is 6.13. The van der Waals surface area contributed by atoms with Crippen molar-refractivity contribution in [3.63, 3.8) is 0 Å². The Balaban J connectivity index is 1.80. The standard InChI is InChI=1S/C24H25N/c1-2-24(22-16-10-5-11-17-22)25-19-18-23(20-12-6-3-7-13-20)21-14-8-4-9-15-21/h3-18,24-25H,2,19H2,1H3/t24-/m1/s1. The highest BCUT2D eigenvalue weighted by atomic mass is 14.9. The van der Waals surface area contributed by atoms with E-state index in [0.29, 0.717) is 6.04 Å². The zero-order valence-corrected chi connectivity index (χ0v) is 14.7. The fraction of sp³-hybridized carbons (Fsp3) is 0.167. The maximum atomic E-state index is 3.68. The summed E-state index contributed by atoms with van der Waals surface area (Å²) in [4.78, 5) is 0. The number of hydrogen-bond acceptors (Lipinski definition) is 1. The van der Waals surface area contributed by atoms with Crippen LogP contribution in [0.2, 0.25) is 0 Å². The van der Waals surface area contributed by atoms with Gasteiger partial charge in [-0.2, -0.15) is 0 Å². The molecule has 0 aliphatic heterocycles. The van der Waals surface area contributed by atoms with Crippen LogP contribution in [-0.2, 0) is 0 Å². The van der Waals surface area contributed by atoms with Gasteiger partial charge in [0.25, 0.3) is 0 Å². The van der Waals surface area contributed by atoms with E-state index in [-0.39, 0.29) is 0 Å². The molecular weight excluding hydrogens is 302 g/mol. The fourth-order valence-electron chi connectivity index (χ4n) is 3.12. The number of rotatable bonds is 7. The molecule has 0 saturated carbocycles. The Morgan fingerprint density at radius 1 is 0.760 bits per heavy atom. The summed E-state index contributed by atoms with van der Waals surface area (Å²) in [6, 6.07) is 32.3. The Bertz CT molecular complexity index is 735. The van der Waals surface area contributed by atoms with Gasteiger partial charge in [0.15, 0.2) is 0 Å². The van der Waals surface area contributed by atoms with Crippen molar-refractivity contribution in [3.05, 3.63) is 114 Å². The lowest BCUT2D eigenvalue weighted by Crippen LogP contribution is -2.21. The summed E-state index contributed by atoms with van der Waals surface area (Å²) in [5, 5.41) is 3.68. The quantitative estimate of drug-likeness (QED) is 0.573. The summed E-state index contributed by atoms with van der Waals surface area (Å²) in [6.45, 7) is 3.07. The zero-order chi connectivity index (χ0) is 17.3. The second kappa shape index (κ2) is 9.00. The molecule has 0 aromatic heterocycles. The minimum Gasteiger partial charge on any atom is -0.306 e. The van der Waals surface area contributed by atoms with E-state index in [1.54, 1.807) is 0 Å². The topological polar surface area (TPSA) is 12.0 Å². The van der Waals surface area contributed by atoms with Crippen LogP contribution in [0.3, 0.4) is 0 Å². The highest BCUT2D eigenvalue weighted by Crippen LogP contribution is 2.23. The van der Waals surface area contributed by atoms with Gasteiger partial charge in [0.1, 0.15) is 0 Å². The summed E-state index contributed by atoms with van der Waals surface area (Å²) in [5.41, 5.74) is 5.13. The van der Waals surface area contributed by atoms with Gasteiger partial charge in [-0.15, -0.1) is 0 Å². The summed E-state index contributed by atoms with van der Waals surface area (Å²) < 4.78 is 0. The lowest BCUT2D eigenvalue weighted by atomic mass is 9.97. The molecule has 0 spiro atoms. The molecule has 1 atom stereocenters. The molecule has 0 bridgehead atoms. The van der Waals surface area contributed by atoms with Crippen molar-refractivity contribution in [3.8, 4) is 0 Å². The first-order chi connectivity index (χ1) is 12.4. The van der Waals surface area contributed by atoms with E-state index in [1.807, 2.05) is 0 Å². The smallest absolute Gasteiger partial charge is 0.0320 e. The van der Waals surface area contributed by atoms with Crippen LogP contribution >= 0.6 is 0 Å². The Morgan fingerprint density at radius 3 is 1.72 bits per heavy atom. The van der Waals surface area contributed by atoms with Crippen LogP contribution in [-0.4, -0.2) is 6.54 Å². The van der Waals surface area contributed by atoms with E-state index in [1.165, 1.54) is 22.3 Å². The van der Waals surface area contributed by atoms with Crippen molar-refractivity contribution < 1.29 is 0 Å². The van der Waals surface area contributed by atoms with E-state index in [4.69, 9.17) is 0 Å². The minimum atomic E-state index is 0.380. The highest BCUT2D eigenvalue weighted by Gasteiger charge is 2.08. The SMILES string of the molecule is CC[C@@H](NCC=C(c1ccccc1)c1ccccc1)c1ccccc1. The maximum absolute atomic E-state index is 3.68. The molecule has 1 N–H and O–H groups in total. The predicted octanol–water partition coefficient (Wildman–Crippen LogP) is 5.86. The van der Waals surface area contributed by atoms with E-state index in [0.717, 1.165) is 13.0 Å². The second-order valence-corrected chi connectivity index (χ2v) is 6.13. The lowest BCUT2D eigenvalue weighted by molar-refractivity contribution is 0.551. The molecule has 3 aromatic rings. The monoisotopic (exact) mass is 327 g/mol. The maximum Gasteiger partial charge on any atom is 0.0320 e. The summed E-state index contributed by atoms with van der Waals surface area (Å²) >= 11 is 0. The van der Waals surface area contributed by atoms with Gasteiger partial charge in [-0.25, -0.2) is 0 Å². The third kappa shape index (κ3) is 4.68. The lowest BCUT2D eigenvalue weighted by Gasteiger charge is -2.17. The van der Waals surface area contributed by atoms with Crippen LogP contribution in [0, 0.1) is 0 Å². The predicted molar refractivity (Wildman–Crippen MR) is 107 cm³/mol. The van der Waals surface area contributed by atoms with Crippen LogP contribution < -0.4 is 5.32 Å². The van der Waals surface area contributed by atoms with Crippen LogP contribution in [0.5, 0.6) is 0 Å². The van der Waals surface area contributed by atoms with Crippen LogP contribution in [0.15, 0.2) is 97.1 Å². The average molecular weight is 327 g/mol. The molecule has 0 heterocycles. The van der Waals surface area contributed by atoms with Crippen molar-refractivity contribution in [1.29, 1.82) is 0 Å². The largest absolute Gasteiger partial charge is 0.306 e. The molecule has 0 amide bonds. The molecule has 3 rings (SSSR count). The van der Waals surface area contributed by atoms with Crippen molar-refractivity contribution in [2.45, 2.75) is 19.4 Å². The summed E-state index contributed by atoms with van der Waals surface area (Å²) in [6.07, 6.45) is 3.38. The van der Waals surface area contributed by atoms with Gasteiger partial charge in [0.2, 0.25) is 0 Å². The van der Waals surface area contributed by atoms with Crippen LogP contribution in [0.25, 0.3) is 5.57 Å². The highest BCUT2D eigenvalue weighted by molar-refractivity contribution is 5.79. The average Bonchev–Trinajstić information content (AvgIpc) is 2.70. The molecule has 0 aliphatic carbocycles. The summed E-state index contributed by atoms with van der Waals surface area (Å²) in [5.74, 6) is 0. The van der Waals surface area contributed by atoms with Crippen molar-refractivity contribution in [1.82, 2.24) is 5.32 Å². The van der Waals surface area contributed by atoms with Gasteiger partial charge in [0.05, 0.1) is 0 Å². The normalized spacial score (nSPS) is 11.7. The minimum absolute atomic E-state index is 0.380. The van der Waals surface area contributed by atoms with Gasteiger partial charge in [-0.05, 0) is 28.7 Å². The zero-order valence-electron chi connectivity index (χ0n) is 14.7. The third-order valence-corrected chi connectivity index (χ3v) is 4.45. The molecule has 0 saturated heterocycles. The summed E-state index contributed by atoms with van der Waals surface area (Å²) in [7, 11) is 0. The first kappa shape index (κ1) is 17.2. The molecule has 3 aromatic carbocycles. The Morgan fingerprint density at radius 2 is 1.24 bits per heavy atom. The third-order valence-electron chi connectivity index (χ3n) is 4.45. The van der Waals surface area contributed by atoms with Crippen LogP contribution in [0.1, 0.15) is 36.1 Å². The van der Waals surface area contributed by atoms with Crippen molar-refractivity contribution in [2.75, 3.05) is 6.54 Å². The molecular formula is C24H25N. The van der Waals surface area contributed by atoms with E-state index >= 15 is 0 Å². The van der Waals surface area contributed by atoms with E-state index in [2.05, 4.69) is 109 Å². The number of hydrogen-bond donors (Lipinski definition) is 1. The number of benzene rings is 3. The molecule has 1 nitrogen and oxygen atoms in total. The molecule has 126 valence electrons. The van der Waals surface area contributed by atoms with E-state index < -0.39 is 0 Å². The Kier molecular flexibility index (Phi) is 6.19. The molecule has 25 heavy (non-hydrogen) atoms. The molecule has 0 unspecified atom stereocenters.